The fourth-order valence-corrected chi connectivity index (χ4v) is 3.31. The molecule has 0 bridgehead atoms. The SMILES string of the molecule is O=C(c1ccc[n+]([O-])c1)N(CCc1ccccc1)C1CCCC1. The molecular weight excluding hydrogens is 288 g/mol. The molecule has 1 amide bonds. The lowest BCUT2D eigenvalue weighted by molar-refractivity contribution is -0.605. The number of carbonyl (C=O) groups excluding carboxylic acids is 1. The summed E-state index contributed by atoms with van der Waals surface area (Å²) in [6.45, 7) is 0.696. The fraction of sp³-hybridized carbons (Fsp3) is 0.368. The minimum absolute atomic E-state index is 0.0296. The number of aromatic nitrogens is 1. The van der Waals surface area contributed by atoms with Gasteiger partial charge in [0.1, 0.15) is 5.56 Å². The van der Waals surface area contributed by atoms with Crippen LogP contribution in [0.4, 0.5) is 0 Å². The zero-order valence-electron chi connectivity index (χ0n) is 13.2. The molecule has 23 heavy (non-hydrogen) atoms. The van der Waals surface area contributed by atoms with Crippen molar-refractivity contribution in [2.24, 2.45) is 0 Å². The molecule has 2 aromatic rings. The van der Waals surface area contributed by atoms with Gasteiger partial charge in [0.15, 0.2) is 12.4 Å². The summed E-state index contributed by atoms with van der Waals surface area (Å²) in [4.78, 5) is 14.8. The van der Waals surface area contributed by atoms with Crippen LogP contribution in [-0.4, -0.2) is 23.4 Å². The van der Waals surface area contributed by atoms with Gasteiger partial charge in [0.25, 0.3) is 5.91 Å². The van der Waals surface area contributed by atoms with E-state index in [1.54, 1.807) is 12.1 Å². The van der Waals surface area contributed by atoms with E-state index in [2.05, 4.69) is 12.1 Å². The molecule has 0 atom stereocenters. The molecule has 1 aliphatic rings. The number of hydrogen-bond donors (Lipinski definition) is 0. The van der Waals surface area contributed by atoms with Crippen molar-refractivity contribution in [3.8, 4) is 0 Å². The number of hydrogen-bond acceptors (Lipinski definition) is 2. The largest absolute Gasteiger partial charge is 0.619 e. The molecule has 1 aromatic carbocycles. The Morgan fingerprint density at radius 1 is 1.13 bits per heavy atom. The second-order valence-electron chi connectivity index (χ2n) is 6.12. The number of nitrogens with zero attached hydrogens (tertiary/aromatic N) is 2. The Balaban J connectivity index is 1.76. The Morgan fingerprint density at radius 2 is 1.87 bits per heavy atom. The van der Waals surface area contributed by atoms with Crippen molar-refractivity contribution in [1.82, 2.24) is 4.90 Å². The topological polar surface area (TPSA) is 47.2 Å². The maximum Gasteiger partial charge on any atom is 0.260 e. The Labute approximate surface area is 137 Å². The average molecular weight is 310 g/mol. The van der Waals surface area contributed by atoms with Crippen molar-refractivity contribution in [2.45, 2.75) is 38.1 Å². The van der Waals surface area contributed by atoms with E-state index in [0.717, 1.165) is 19.3 Å². The third kappa shape index (κ3) is 3.89. The Hall–Kier alpha value is -2.36. The molecule has 1 saturated carbocycles. The summed E-state index contributed by atoms with van der Waals surface area (Å²) in [7, 11) is 0. The quantitative estimate of drug-likeness (QED) is 0.629. The molecule has 0 saturated heterocycles. The number of amides is 1. The van der Waals surface area contributed by atoms with Gasteiger partial charge >= 0.3 is 0 Å². The van der Waals surface area contributed by atoms with Crippen LogP contribution in [0.1, 0.15) is 41.6 Å². The van der Waals surface area contributed by atoms with Gasteiger partial charge in [-0.15, -0.1) is 0 Å². The highest BCUT2D eigenvalue weighted by Crippen LogP contribution is 2.25. The predicted molar refractivity (Wildman–Crippen MR) is 88.8 cm³/mol. The Kier molecular flexibility index (Phi) is 4.91. The van der Waals surface area contributed by atoms with Gasteiger partial charge in [-0.1, -0.05) is 43.2 Å². The van der Waals surface area contributed by atoms with Crippen molar-refractivity contribution in [3.63, 3.8) is 0 Å². The monoisotopic (exact) mass is 310 g/mol. The predicted octanol–water partition coefficient (Wildman–Crippen LogP) is 2.95. The highest BCUT2D eigenvalue weighted by Gasteiger charge is 2.28. The molecule has 4 nitrogen and oxygen atoms in total. The lowest BCUT2D eigenvalue weighted by Crippen LogP contribution is -2.41. The molecular formula is C19H22N2O2. The number of pyridine rings is 1. The molecule has 1 aromatic heterocycles. The standard InChI is InChI=1S/C19H22N2O2/c22-19(17-9-6-13-20(23)15-17)21(18-10-4-5-11-18)14-12-16-7-2-1-3-8-16/h1-3,6-9,13,15,18H,4-5,10-12,14H2. The van der Waals surface area contributed by atoms with E-state index in [-0.39, 0.29) is 5.91 Å². The summed E-state index contributed by atoms with van der Waals surface area (Å²) in [5.41, 5.74) is 1.71. The minimum atomic E-state index is -0.0296. The second-order valence-corrected chi connectivity index (χ2v) is 6.12. The van der Waals surface area contributed by atoms with Crippen LogP contribution in [0, 0.1) is 5.21 Å². The van der Waals surface area contributed by atoms with Crippen LogP contribution in [0.3, 0.4) is 0 Å². The van der Waals surface area contributed by atoms with Gasteiger partial charge in [0.05, 0.1) is 0 Å². The summed E-state index contributed by atoms with van der Waals surface area (Å²) >= 11 is 0. The second kappa shape index (κ2) is 7.27. The molecule has 0 radical (unpaired) electrons. The molecule has 3 rings (SSSR count). The first-order valence-corrected chi connectivity index (χ1v) is 8.28. The smallest absolute Gasteiger partial charge is 0.260 e. The number of carbonyl (C=O) groups is 1. The van der Waals surface area contributed by atoms with Crippen molar-refractivity contribution >= 4 is 5.91 Å². The van der Waals surface area contributed by atoms with E-state index in [1.807, 2.05) is 23.1 Å². The van der Waals surface area contributed by atoms with Gasteiger partial charge in [-0.05, 0) is 30.9 Å². The first-order valence-electron chi connectivity index (χ1n) is 8.28. The maximum atomic E-state index is 12.9. The van der Waals surface area contributed by atoms with Crippen LogP contribution >= 0.6 is 0 Å². The van der Waals surface area contributed by atoms with E-state index >= 15 is 0 Å². The van der Waals surface area contributed by atoms with Crippen LogP contribution in [0.25, 0.3) is 0 Å². The molecule has 1 aliphatic carbocycles. The normalized spacial score (nSPS) is 14.8. The molecule has 1 fully saturated rings. The van der Waals surface area contributed by atoms with E-state index in [0.29, 0.717) is 22.9 Å². The molecule has 120 valence electrons. The van der Waals surface area contributed by atoms with Gasteiger partial charge < -0.3 is 10.1 Å². The minimum Gasteiger partial charge on any atom is -0.619 e. The van der Waals surface area contributed by atoms with Crippen molar-refractivity contribution < 1.29 is 9.52 Å². The van der Waals surface area contributed by atoms with E-state index in [9.17, 15) is 10.0 Å². The average Bonchev–Trinajstić information content (AvgIpc) is 3.10. The van der Waals surface area contributed by atoms with Gasteiger partial charge in [-0.2, -0.15) is 4.73 Å². The molecule has 0 N–H and O–H groups in total. The van der Waals surface area contributed by atoms with Gasteiger partial charge in [-0.25, -0.2) is 0 Å². The summed E-state index contributed by atoms with van der Waals surface area (Å²) in [5, 5.41) is 11.5. The number of benzene rings is 1. The van der Waals surface area contributed by atoms with E-state index in [1.165, 1.54) is 30.8 Å². The summed E-state index contributed by atoms with van der Waals surface area (Å²) in [5.74, 6) is -0.0296. The third-order valence-electron chi connectivity index (χ3n) is 4.53. The highest BCUT2D eigenvalue weighted by molar-refractivity contribution is 5.93. The molecule has 0 unspecified atom stereocenters. The van der Waals surface area contributed by atoms with Crippen LogP contribution in [0.15, 0.2) is 54.9 Å². The van der Waals surface area contributed by atoms with Gasteiger partial charge in [0.2, 0.25) is 0 Å². The van der Waals surface area contributed by atoms with Crippen LogP contribution in [-0.2, 0) is 6.42 Å². The lowest BCUT2D eigenvalue weighted by Gasteiger charge is -2.29. The molecule has 0 aliphatic heterocycles. The Bertz CT molecular complexity index is 651. The van der Waals surface area contributed by atoms with Crippen LogP contribution in [0.2, 0.25) is 0 Å². The summed E-state index contributed by atoms with van der Waals surface area (Å²) in [6.07, 6.45) is 8.09. The third-order valence-corrected chi connectivity index (χ3v) is 4.53. The zero-order chi connectivity index (χ0) is 16.1. The fourth-order valence-electron chi connectivity index (χ4n) is 3.31. The van der Waals surface area contributed by atoms with Crippen LogP contribution < -0.4 is 4.73 Å². The molecule has 4 heteroatoms. The summed E-state index contributed by atoms with van der Waals surface area (Å²) in [6, 6.07) is 13.9. The summed E-state index contributed by atoms with van der Waals surface area (Å²) < 4.78 is 0.692. The van der Waals surface area contributed by atoms with E-state index in [4.69, 9.17) is 0 Å². The highest BCUT2D eigenvalue weighted by atomic mass is 16.5. The Morgan fingerprint density at radius 3 is 2.57 bits per heavy atom. The lowest BCUT2D eigenvalue weighted by atomic mass is 10.1. The van der Waals surface area contributed by atoms with Crippen LogP contribution in [0.5, 0.6) is 0 Å². The van der Waals surface area contributed by atoms with Crippen molar-refractivity contribution in [1.29, 1.82) is 0 Å². The zero-order valence-corrected chi connectivity index (χ0v) is 13.2. The van der Waals surface area contributed by atoms with E-state index < -0.39 is 0 Å². The maximum absolute atomic E-state index is 12.9. The molecule has 1 heterocycles. The molecule has 0 spiro atoms. The van der Waals surface area contributed by atoms with Gasteiger partial charge in [0, 0.05) is 18.7 Å². The van der Waals surface area contributed by atoms with Gasteiger partial charge in [-0.3, -0.25) is 4.79 Å². The number of rotatable bonds is 5. The first-order chi connectivity index (χ1) is 11.2. The first kappa shape index (κ1) is 15.5. The van der Waals surface area contributed by atoms with Crippen molar-refractivity contribution in [2.75, 3.05) is 6.54 Å². The van der Waals surface area contributed by atoms with Crippen molar-refractivity contribution in [3.05, 3.63) is 71.2 Å².